The number of carbonyl (C=O) groups is 1. The maximum Gasteiger partial charge on any atom is 0.223 e. The van der Waals surface area contributed by atoms with Gasteiger partial charge >= 0.3 is 0 Å². The Morgan fingerprint density at radius 2 is 2.33 bits per heavy atom. The zero-order valence-electron chi connectivity index (χ0n) is 7.21. The van der Waals surface area contributed by atoms with E-state index in [1.807, 2.05) is 0 Å². The molecular formula is C9H13NO2. The molecule has 0 atom stereocenters. The number of nitrogens with zero attached hydrogens (tertiary/aromatic N) is 1. The Hall–Kier alpha value is -1.01. The Labute approximate surface area is 72.4 Å². The Morgan fingerprint density at radius 1 is 1.75 bits per heavy atom. The summed E-state index contributed by atoms with van der Waals surface area (Å²) in [5, 5.41) is 9.32. The van der Waals surface area contributed by atoms with Crippen molar-refractivity contribution in [2.75, 3.05) is 13.1 Å². The van der Waals surface area contributed by atoms with E-state index in [0.29, 0.717) is 25.9 Å². The number of carbonyl (C=O) groups excluding carboxylic acids is 1. The third-order valence-electron chi connectivity index (χ3n) is 1.90. The van der Waals surface area contributed by atoms with Gasteiger partial charge in [-0.1, -0.05) is 0 Å². The number of terminal acetylenes is 1. The lowest BCUT2D eigenvalue weighted by Crippen LogP contribution is -2.61. The molecule has 1 saturated heterocycles. The number of rotatable bonds is 2. The first-order valence-corrected chi connectivity index (χ1v) is 3.99. The minimum Gasteiger partial charge on any atom is -0.386 e. The lowest BCUT2D eigenvalue weighted by Gasteiger charge is -2.44. The topological polar surface area (TPSA) is 40.5 Å². The van der Waals surface area contributed by atoms with Crippen LogP contribution in [0.1, 0.15) is 19.8 Å². The molecular weight excluding hydrogens is 154 g/mol. The van der Waals surface area contributed by atoms with Gasteiger partial charge in [0.1, 0.15) is 0 Å². The molecule has 0 saturated carbocycles. The smallest absolute Gasteiger partial charge is 0.223 e. The van der Waals surface area contributed by atoms with Crippen LogP contribution in [0.4, 0.5) is 0 Å². The molecule has 0 aromatic heterocycles. The average Bonchev–Trinajstić information content (AvgIpc) is 1.95. The largest absolute Gasteiger partial charge is 0.386 e. The summed E-state index contributed by atoms with van der Waals surface area (Å²) in [6.07, 6.45) is 5.90. The molecule has 0 spiro atoms. The molecule has 1 aliphatic rings. The second-order valence-corrected chi connectivity index (χ2v) is 3.45. The van der Waals surface area contributed by atoms with Crippen molar-refractivity contribution in [3.05, 3.63) is 0 Å². The Balaban J connectivity index is 2.25. The number of hydrogen-bond donors (Lipinski definition) is 1. The molecule has 1 aliphatic heterocycles. The highest BCUT2D eigenvalue weighted by atomic mass is 16.3. The van der Waals surface area contributed by atoms with Crippen LogP contribution in [0.2, 0.25) is 0 Å². The second kappa shape index (κ2) is 3.16. The van der Waals surface area contributed by atoms with Crippen LogP contribution < -0.4 is 0 Å². The second-order valence-electron chi connectivity index (χ2n) is 3.45. The fourth-order valence-electron chi connectivity index (χ4n) is 1.29. The number of β-amino-alcohol motifs (C(OH)–C–C–N with tert-alkyl or cyclic N) is 1. The van der Waals surface area contributed by atoms with E-state index in [4.69, 9.17) is 6.42 Å². The zero-order valence-corrected chi connectivity index (χ0v) is 7.21. The highest BCUT2D eigenvalue weighted by Crippen LogP contribution is 2.20. The SMILES string of the molecule is C#CCCC(=O)N1CC(C)(O)C1. The molecule has 12 heavy (non-hydrogen) atoms. The molecule has 0 aromatic carbocycles. The van der Waals surface area contributed by atoms with Gasteiger partial charge < -0.3 is 10.0 Å². The van der Waals surface area contributed by atoms with Gasteiger partial charge in [0.2, 0.25) is 5.91 Å². The summed E-state index contributed by atoms with van der Waals surface area (Å²) in [6, 6.07) is 0. The van der Waals surface area contributed by atoms with Crippen molar-refractivity contribution in [1.29, 1.82) is 0 Å². The van der Waals surface area contributed by atoms with Gasteiger partial charge in [-0.25, -0.2) is 0 Å². The average molecular weight is 167 g/mol. The monoisotopic (exact) mass is 167 g/mol. The number of aliphatic hydroxyl groups is 1. The van der Waals surface area contributed by atoms with Crippen LogP contribution in [-0.4, -0.2) is 34.6 Å². The molecule has 66 valence electrons. The predicted molar refractivity (Wildman–Crippen MR) is 45.3 cm³/mol. The van der Waals surface area contributed by atoms with Gasteiger partial charge in [-0.05, 0) is 6.92 Å². The van der Waals surface area contributed by atoms with E-state index < -0.39 is 5.60 Å². The lowest BCUT2D eigenvalue weighted by atomic mass is 9.96. The van der Waals surface area contributed by atoms with Gasteiger partial charge in [0.25, 0.3) is 0 Å². The first-order valence-electron chi connectivity index (χ1n) is 3.99. The van der Waals surface area contributed by atoms with Crippen molar-refractivity contribution in [2.45, 2.75) is 25.4 Å². The number of likely N-dealkylation sites (tertiary alicyclic amines) is 1. The highest BCUT2D eigenvalue weighted by Gasteiger charge is 2.38. The standard InChI is InChI=1S/C9H13NO2/c1-3-4-5-8(11)10-6-9(2,12)7-10/h1,12H,4-7H2,2H3. The Morgan fingerprint density at radius 3 is 2.75 bits per heavy atom. The number of hydrogen-bond acceptors (Lipinski definition) is 2. The maximum absolute atomic E-state index is 11.2. The van der Waals surface area contributed by atoms with Gasteiger partial charge in [0.05, 0.1) is 18.7 Å². The molecule has 0 unspecified atom stereocenters. The van der Waals surface area contributed by atoms with Crippen LogP contribution in [-0.2, 0) is 4.79 Å². The first-order chi connectivity index (χ1) is 5.55. The summed E-state index contributed by atoms with van der Waals surface area (Å²) >= 11 is 0. The summed E-state index contributed by atoms with van der Waals surface area (Å²) < 4.78 is 0. The molecule has 1 heterocycles. The summed E-state index contributed by atoms with van der Waals surface area (Å²) in [4.78, 5) is 12.8. The van der Waals surface area contributed by atoms with Crippen LogP contribution in [0.25, 0.3) is 0 Å². The fraction of sp³-hybridized carbons (Fsp3) is 0.667. The minimum atomic E-state index is -0.675. The molecule has 3 nitrogen and oxygen atoms in total. The zero-order chi connectivity index (χ0) is 9.19. The van der Waals surface area contributed by atoms with Crippen LogP contribution >= 0.6 is 0 Å². The van der Waals surface area contributed by atoms with E-state index in [9.17, 15) is 9.90 Å². The van der Waals surface area contributed by atoms with Crippen LogP contribution in [0, 0.1) is 12.3 Å². The molecule has 0 radical (unpaired) electrons. The summed E-state index contributed by atoms with van der Waals surface area (Å²) in [5.41, 5.74) is -0.675. The summed E-state index contributed by atoms with van der Waals surface area (Å²) in [6.45, 7) is 2.60. The predicted octanol–water partition coefficient (Wildman–Crippen LogP) is -0.00700. The fourth-order valence-corrected chi connectivity index (χ4v) is 1.29. The molecule has 0 aromatic rings. The van der Waals surface area contributed by atoms with Crippen molar-refractivity contribution in [3.8, 4) is 12.3 Å². The van der Waals surface area contributed by atoms with Gasteiger partial charge in [-0.3, -0.25) is 4.79 Å². The summed E-state index contributed by atoms with van der Waals surface area (Å²) in [5.74, 6) is 2.45. The van der Waals surface area contributed by atoms with Gasteiger partial charge in [-0.2, -0.15) is 0 Å². The van der Waals surface area contributed by atoms with Crippen LogP contribution in [0.3, 0.4) is 0 Å². The third kappa shape index (κ3) is 1.99. The minimum absolute atomic E-state index is 0.0412. The maximum atomic E-state index is 11.2. The van der Waals surface area contributed by atoms with Gasteiger partial charge in [0.15, 0.2) is 0 Å². The molecule has 1 rings (SSSR count). The lowest BCUT2D eigenvalue weighted by molar-refractivity contribution is -0.152. The quantitative estimate of drug-likeness (QED) is 0.588. The van der Waals surface area contributed by atoms with Crippen molar-refractivity contribution in [1.82, 2.24) is 4.90 Å². The van der Waals surface area contributed by atoms with E-state index in [2.05, 4.69) is 5.92 Å². The molecule has 3 heteroatoms. The summed E-state index contributed by atoms with van der Waals surface area (Å²) in [7, 11) is 0. The van der Waals surface area contributed by atoms with Crippen molar-refractivity contribution < 1.29 is 9.90 Å². The Bertz CT molecular complexity index is 219. The molecule has 0 bridgehead atoms. The molecule has 1 fully saturated rings. The van der Waals surface area contributed by atoms with Crippen LogP contribution in [0.5, 0.6) is 0 Å². The number of amides is 1. The normalized spacial score (nSPS) is 19.6. The van der Waals surface area contributed by atoms with E-state index in [1.54, 1.807) is 11.8 Å². The van der Waals surface area contributed by atoms with Crippen molar-refractivity contribution in [2.24, 2.45) is 0 Å². The van der Waals surface area contributed by atoms with E-state index in [0.717, 1.165) is 0 Å². The molecule has 1 N–H and O–H groups in total. The van der Waals surface area contributed by atoms with Gasteiger partial charge in [0, 0.05) is 12.8 Å². The van der Waals surface area contributed by atoms with Crippen LogP contribution in [0.15, 0.2) is 0 Å². The van der Waals surface area contributed by atoms with E-state index in [-0.39, 0.29) is 5.91 Å². The van der Waals surface area contributed by atoms with E-state index in [1.165, 1.54) is 0 Å². The molecule has 1 amide bonds. The van der Waals surface area contributed by atoms with Gasteiger partial charge in [-0.15, -0.1) is 12.3 Å². The third-order valence-corrected chi connectivity index (χ3v) is 1.90. The molecule has 0 aliphatic carbocycles. The highest BCUT2D eigenvalue weighted by molar-refractivity contribution is 5.77. The first kappa shape index (κ1) is 9.08. The Kier molecular flexibility index (Phi) is 2.39. The van der Waals surface area contributed by atoms with Crippen molar-refractivity contribution >= 4 is 5.91 Å². The van der Waals surface area contributed by atoms with Crippen molar-refractivity contribution in [3.63, 3.8) is 0 Å². The van der Waals surface area contributed by atoms with E-state index >= 15 is 0 Å².